The maximum atomic E-state index is 12.2. The van der Waals surface area contributed by atoms with Crippen molar-refractivity contribution in [1.29, 1.82) is 0 Å². The predicted octanol–water partition coefficient (Wildman–Crippen LogP) is 2.16. The molecule has 0 radical (unpaired) electrons. The van der Waals surface area contributed by atoms with Gasteiger partial charge in [0.2, 0.25) is 0 Å². The third-order valence-electron chi connectivity index (χ3n) is 3.99. The maximum absolute atomic E-state index is 12.2. The number of urea groups is 1. The number of amides is 3. The van der Waals surface area contributed by atoms with Crippen LogP contribution in [0.3, 0.4) is 0 Å². The Bertz CT molecular complexity index is 523. The van der Waals surface area contributed by atoms with E-state index in [-0.39, 0.29) is 11.9 Å². The molecular formula is C16H23N3O2. The van der Waals surface area contributed by atoms with E-state index in [9.17, 15) is 9.59 Å². The zero-order valence-electron chi connectivity index (χ0n) is 12.6. The molecule has 5 nitrogen and oxygen atoms in total. The standard InChI is InChI=1S/C16H23N3O2/c1-16(2)8-7-13(9-16)19-14(20)12-5-3-11(4-6-12)10-18-15(17)21/h3-6,13H,7-10H2,1-2H3,(H,19,20)(H3,17,18,21). The Kier molecular flexibility index (Phi) is 4.50. The highest BCUT2D eigenvalue weighted by atomic mass is 16.2. The number of carbonyl (C=O) groups is 2. The van der Waals surface area contributed by atoms with Crippen molar-refractivity contribution >= 4 is 11.9 Å². The molecule has 1 aliphatic rings. The molecule has 21 heavy (non-hydrogen) atoms. The second-order valence-electron chi connectivity index (χ2n) is 6.49. The maximum Gasteiger partial charge on any atom is 0.312 e. The highest BCUT2D eigenvalue weighted by molar-refractivity contribution is 5.94. The van der Waals surface area contributed by atoms with Gasteiger partial charge in [0.05, 0.1) is 0 Å². The van der Waals surface area contributed by atoms with Crippen LogP contribution in [-0.2, 0) is 6.54 Å². The average Bonchev–Trinajstić information content (AvgIpc) is 2.76. The Balaban J connectivity index is 1.89. The minimum atomic E-state index is -0.555. The Morgan fingerprint density at radius 3 is 2.48 bits per heavy atom. The predicted molar refractivity (Wildman–Crippen MR) is 81.8 cm³/mol. The van der Waals surface area contributed by atoms with Crippen LogP contribution in [0.5, 0.6) is 0 Å². The van der Waals surface area contributed by atoms with E-state index >= 15 is 0 Å². The molecule has 4 N–H and O–H groups in total. The first-order valence-electron chi connectivity index (χ1n) is 7.29. The third kappa shape index (κ3) is 4.48. The summed E-state index contributed by atoms with van der Waals surface area (Å²) in [5.41, 5.74) is 6.89. The number of primary amides is 1. The summed E-state index contributed by atoms with van der Waals surface area (Å²) >= 11 is 0. The molecule has 1 aromatic carbocycles. The highest BCUT2D eigenvalue weighted by Gasteiger charge is 2.31. The van der Waals surface area contributed by atoms with Crippen LogP contribution in [0.25, 0.3) is 0 Å². The normalized spacial score (nSPS) is 20.0. The number of hydrogen-bond donors (Lipinski definition) is 3. The Labute approximate surface area is 125 Å². The molecule has 1 saturated carbocycles. The van der Waals surface area contributed by atoms with Gasteiger partial charge < -0.3 is 16.4 Å². The van der Waals surface area contributed by atoms with E-state index in [1.807, 2.05) is 12.1 Å². The summed E-state index contributed by atoms with van der Waals surface area (Å²) in [6, 6.07) is 6.90. The van der Waals surface area contributed by atoms with Gasteiger partial charge in [-0.25, -0.2) is 4.79 Å². The number of nitrogens with two attached hydrogens (primary N) is 1. The second-order valence-corrected chi connectivity index (χ2v) is 6.49. The number of benzene rings is 1. The first kappa shape index (κ1) is 15.4. The van der Waals surface area contributed by atoms with Gasteiger partial charge >= 0.3 is 6.03 Å². The summed E-state index contributed by atoms with van der Waals surface area (Å²) in [4.78, 5) is 22.8. The van der Waals surface area contributed by atoms with Crippen molar-refractivity contribution in [3.05, 3.63) is 35.4 Å². The molecule has 114 valence electrons. The first-order valence-corrected chi connectivity index (χ1v) is 7.29. The summed E-state index contributed by atoms with van der Waals surface area (Å²) < 4.78 is 0. The molecular weight excluding hydrogens is 266 g/mol. The SMILES string of the molecule is CC1(C)CCC(NC(=O)c2ccc(CNC(N)=O)cc2)C1. The Hall–Kier alpha value is -2.04. The molecule has 1 atom stereocenters. The number of nitrogens with one attached hydrogen (secondary N) is 2. The van der Waals surface area contributed by atoms with Crippen LogP contribution in [0.4, 0.5) is 4.79 Å². The molecule has 0 saturated heterocycles. The van der Waals surface area contributed by atoms with E-state index in [1.165, 1.54) is 0 Å². The van der Waals surface area contributed by atoms with E-state index in [0.717, 1.165) is 24.8 Å². The molecule has 1 unspecified atom stereocenters. The fourth-order valence-electron chi connectivity index (χ4n) is 2.79. The minimum absolute atomic E-state index is 0.0351. The van der Waals surface area contributed by atoms with Crippen molar-refractivity contribution in [2.75, 3.05) is 0 Å². The Morgan fingerprint density at radius 2 is 1.95 bits per heavy atom. The monoisotopic (exact) mass is 289 g/mol. The lowest BCUT2D eigenvalue weighted by atomic mass is 9.92. The number of rotatable bonds is 4. The smallest absolute Gasteiger partial charge is 0.312 e. The van der Waals surface area contributed by atoms with E-state index in [2.05, 4.69) is 24.5 Å². The zero-order chi connectivity index (χ0) is 15.5. The zero-order valence-corrected chi connectivity index (χ0v) is 12.6. The molecule has 0 heterocycles. The molecule has 0 aromatic heterocycles. The van der Waals surface area contributed by atoms with Crippen molar-refractivity contribution in [3.63, 3.8) is 0 Å². The van der Waals surface area contributed by atoms with Crippen LogP contribution < -0.4 is 16.4 Å². The lowest BCUT2D eigenvalue weighted by Crippen LogP contribution is -2.33. The van der Waals surface area contributed by atoms with Gasteiger partial charge in [0.25, 0.3) is 5.91 Å². The van der Waals surface area contributed by atoms with Gasteiger partial charge in [-0.3, -0.25) is 4.79 Å². The molecule has 2 rings (SSSR count). The molecule has 1 aromatic rings. The van der Waals surface area contributed by atoms with Crippen molar-refractivity contribution in [2.45, 2.75) is 45.7 Å². The molecule has 1 fully saturated rings. The van der Waals surface area contributed by atoms with E-state index in [4.69, 9.17) is 5.73 Å². The van der Waals surface area contributed by atoms with Crippen LogP contribution in [0, 0.1) is 5.41 Å². The van der Waals surface area contributed by atoms with Gasteiger partial charge in [0, 0.05) is 18.2 Å². The summed E-state index contributed by atoms with van der Waals surface area (Å²) in [5.74, 6) is -0.0351. The van der Waals surface area contributed by atoms with Gasteiger partial charge in [-0.15, -0.1) is 0 Å². The second kappa shape index (κ2) is 6.16. The molecule has 0 aliphatic heterocycles. The highest BCUT2D eigenvalue weighted by Crippen LogP contribution is 2.36. The minimum Gasteiger partial charge on any atom is -0.352 e. The van der Waals surface area contributed by atoms with Gasteiger partial charge in [0.15, 0.2) is 0 Å². The van der Waals surface area contributed by atoms with E-state index in [1.54, 1.807) is 12.1 Å². The van der Waals surface area contributed by atoms with Crippen molar-refractivity contribution in [3.8, 4) is 0 Å². The summed E-state index contributed by atoms with van der Waals surface area (Å²) in [6.45, 7) is 4.84. The topological polar surface area (TPSA) is 84.2 Å². The quantitative estimate of drug-likeness (QED) is 0.793. The summed E-state index contributed by atoms with van der Waals surface area (Å²) in [6.07, 6.45) is 3.22. The lowest BCUT2D eigenvalue weighted by molar-refractivity contribution is 0.0936. The first-order chi connectivity index (χ1) is 9.85. The molecule has 0 spiro atoms. The van der Waals surface area contributed by atoms with Crippen molar-refractivity contribution in [1.82, 2.24) is 10.6 Å². The van der Waals surface area contributed by atoms with Crippen LogP contribution in [-0.4, -0.2) is 18.0 Å². The van der Waals surface area contributed by atoms with Gasteiger partial charge in [-0.2, -0.15) is 0 Å². The van der Waals surface area contributed by atoms with Gasteiger partial charge in [0.1, 0.15) is 0 Å². The summed E-state index contributed by atoms with van der Waals surface area (Å²) in [5, 5.41) is 5.61. The van der Waals surface area contributed by atoms with Gasteiger partial charge in [-0.05, 0) is 42.4 Å². The fraction of sp³-hybridized carbons (Fsp3) is 0.500. The molecule has 1 aliphatic carbocycles. The Morgan fingerprint density at radius 1 is 1.29 bits per heavy atom. The van der Waals surface area contributed by atoms with Crippen molar-refractivity contribution < 1.29 is 9.59 Å². The summed E-state index contributed by atoms with van der Waals surface area (Å²) in [7, 11) is 0. The van der Waals surface area contributed by atoms with Crippen LogP contribution >= 0.6 is 0 Å². The molecule has 5 heteroatoms. The number of hydrogen-bond acceptors (Lipinski definition) is 2. The molecule has 0 bridgehead atoms. The van der Waals surface area contributed by atoms with Crippen LogP contribution in [0.15, 0.2) is 24.3 Å². The van der Waals surface area contributed by atoms with E-state index in [0.29, 0.717) is 17.5 Å². The third-order valence-corrected chi connectivity index (χ3v) is 3.99. The average molecular weight is 289 g/mol. The molecule has 3 amide bonds. The fourth-order valence-corrected chi connectivity index (χ4v) is 2.79. The lowest BCUT2D eigenvalue weighted by Gasteiger charge is -2.18. The van der Waals surface area contributed by atoms with Crippen molar-refractivity contribution in [2.24, 2.45) is 11.1 Å². The van der Waals surface area contributed by atoms with Gasteiger partial charge in [-0.1, -0.05) is 26.0 Å². The van der Waals surface area contributed by atoms with Crippen LogP contribution in [0.1, 0.15) is 49.0 Å². The van der Waals surface area contributed by atoms with E-state index < -0.39 is 6.03 Å². The number of carbonyl (C=O) groups excluding carboxylic acids is 2. The largest absolute Gasteiger partial charge is 0.352 e. The van der Waals surface area contributed by atoms with Crippen LogP contribution in [0.2, 0.25) is 0 Å².